The van der Waals surface area contributed by atoms with E-state index in [-0.39, 0.29) is 5.25 Å². The Balaban J connectivity index is 2.18. The third-order valence-corrected chi connectivity index (χ3v) is 5.74. The molecule has 2 aliphatic rings. The standard InChI is InChI=1S/C9H16N2O3S/c10-9(12)8-5-2-6-11(8)15(13,14)7-3-1-4-7/h7-8H,1-6H2,(H2,10,12)/t8-/m1/s1. The Morgan fingerprint density at radius 1 is 1.20 bits per heavy atom. The lowest BCUT2D eigenvalue weighted by molar-refractivity contribution is -0.121. The molecule has 0 aromatic carbocycles. The van der Waals surface area contributed by atoms with Gasteiger partial charge >= 0.3 is 0 Å². The highest BCUT2D eigenvalue weighted by Gasteiger charge is 2.43. The lowest BCUT2D eigenvalue weighted by Crippen LogP contribution is -2.48. The molecule has 1 heterocycles. The van der Waals surface area contributed by atoms with Crippen molar-refractivity contribution in [2.24, 2.45) is 5.73 Å². The molecule has 0 radical (unpaired) electrons. The molecule has 0 spiro atoms. The molecule has 86 valence electrons. The molecule has 0 bridgehead atoms. The number of carbonyl (C=O) groups is 1. The van der Waals surface area contributed by atoms with Crippen LogP contribution in [-0.4, -0.2) is 36.5 Å². The van der Waals surface area contributed by atoms with Crippen LogP contribution in [0.5, 0.6) is 0 Å². The first-order valence-corrected chi connectivity index (χ1v) is 6.84. The van der Waals surface area contributed by atoms with Crippen LogP contribution in [0.25, 0.3) is 0 Å². The highest BCUT2D eigenvalue weighted by atomic mass is 32.2. The van der Waals surface area contributed by atoms with E-state index in [9.17, 15) is 13.2 Å². The number of hydrogen-bond acceptors (Lipinski definition) is 3. The maximum absolute atomic E-state index is 12.0. The third kappa shape index (κ3) is 1.76. The normalized spacial score (nSPS) is 28.9. The van der Waals surface area contributed by atoms with E-state index in [4.69, 9.17) is 5.73 Å². The zero-order chi connectivity index (χ0) is 11.1. The van der Waals surface area contributed by atoms with Crippen LogP contribution >= 0.6 is 0 Å². The third-order valence-electron chi connectivity index (χ3n) is 3.33. The van der Waals surface area contributed by atoms with Crippen LogP contribution in [0.1, 0.15) is 32.1 Å². The molecule has 0 aromatic heterocycles. The Hall–Kier alpha value is -0.620. The lowest BCUT2D eigenvalue weighted by atomic mass is 10.0. The van der Waals surface area contributed by atoms with Crippen molar-refractivity contribution in [1.82, 2.24) is 4.31 Å². The summed E-state index contributed by atoms with van der Waals surface area (Å²) in [6.45, 7) is 0.451. The minimum Gasteiger partial charge on any atom is -0.368 e. The van der Waals surface area contributed by atoms with Gasteiger partial charge in [-0.3, -0.25) is 4.79 Å². The molecule has 2 fully saturated rings. The minimum absolute atomic E-state index is 0.266. The average Bonchev–Trinajstić information content (AvgIpc) is 2.46. The zero-order valence-electron chi connectivity index (χ0n) is 8.55. The van der Waals surface area contributed by atoms with E-state index in [0.29, 0.717) is 13.0 Å². The van der Waals surface area contributed by atoms with Crippen molar-refractivity contribution in [1.29, 1.82) is 0 Å². The van der Waals surface area contributed by atoms with Gasteiger partial charge in [0.25, 0.3) is 0 Å². The number of sulfonamides is 1. The van der Waals surface area contributed by atoms with Gasteiger partial charge in [0.05, 0.1) is 5.25 Å². The van der Waals surface area contributed by atoms with Gasteiger partial charge in [0.1, 0.15) is 6.04 Å². The summed E-state index contributed by atoms with van der Waals surface area (Å²) in [4.78, 5) is 11.1. The molecule has 1 saturated heterocycles. The molecule has 1 saturated carbocycles. The Bertz CT molecular complexity index is 362. The highest BCUT2D eigenvalue weighted by Crippen LogP contribution is 2.32. The Morgan fingerprint density at radius 2 is 1.87 bits per heavy atom. The summed E-state index contributed by atoms with van der Waals surface area (Å²) in [5.74, 6) is -0.518. The molecule has 6 heteroatoms. The van der Waals surface area contributed by atoms with E-state index in [0.717, 1.165) is 25.7 Å². The quantitative estimate of drug-likeness (QED) is 0.733. The molecule has 1 aliphatic carbocycles. The van der Waals surface area contributed by atoms with Crippen molar-refractivity contribution in [3.63, 3.8) is 0 Å². The summed E-state index contributed by atoms with van der Waals surface area (Å²) in [5.41, 5.74) is 5.20. The van der Waals surface area contributed by atoms with Gasteiger partial charge in [-0.05, 0) is 25.7 Å². The summed E-state index contributed by atoms with van der Waals surface area (Å²) in [6, 6.07) is -0.601. The lowest BCUT2D eigenvalue weighted by Gasteiger charge is -2.31. The number of rotatable bonds is 3. The van der Waals surface area contributed by atoms with Crippen molar-refractivity contribution in [3.05, 3.63) is 0 Å². The summed E-state index contributed by atoms with van der Waals surface area (Å²) in [6.07, 6.45) is 3.73. The Labute approximate surface area is 89.7 Å². The summed E-state index contributed by atoms with van der Waals surface area (Å²) < 4.78 is 25.4. The van der Waals surface area contributed by atoms with Crippen LogP contribution < -0.4 is 5.73 Å². The average molecular weight is 232 g/mol. The van der Waals surface area contributed by atoms with E-state index >= 15 is 0 Å². The van der Waals surface area contributed by atoms with E-state index in [1.165, 1.54) is 4.31 Å². The number of carbonyl (C=O) groups excluding carboxylic acids is 1. The van der Waals surface area contributed by atoms with Crippen molar-refractivity contribution < 1.29 is 13.2 Å². The van der Waals surface area contributed by atoms with Crippen molar-refractivity contribution in [3.8, 4) is 0 Å². The summed E-state index contributed by atoms with van der Waals surface area (Å²) in [7, 11) is -3.26. The van der Waals surface area contributed by atoms with Crippen molar-refractivity contribution in [2.45, 2.75) is 43.4 Å². The van der Waals surface area contributed by atoms with Crippen LogP contribution in [0, 0.1) is 0 Å². The zero-order valence-corrected chi connectivity index (χ0v) is 9.37. The fourth-order valence-electron chi connectivity index (χ4n) is 2.19. The molecular weight excluding hydrogens is 216 g/mol. The Morgan fingerprint density at radius 3 is 2.33 bits per heavy atom. The smallest absolute Gasteiger partial charge is 0.235 e. The topological polar surface area (TPSA) is 80.5 Å². The van der Waals surface area contributed by atoms with Crippen LogP contribution in [0.4, 0.5) is 0 Å². The molecule has 0 aromatic rings. The SMILES string of the molecule is NC(=O)[C@H]1CCCN1S(=O)(=O)C1CCC1. The molecule has 1 aliphatic heterocycles. The molecule has 2 N–H and O–H groups in total. The van der Waals surface area contributed by atoms with Gasteiger partial charge in [-0.25, -0.2) is 8.42 Å². The highest BCUT2D eigenvalue weighted by molar-refractivity contribution is 7.89. The molecule has 15 heavy (non-hydrogen) atoms. The molecule has 1 atom stereocenters. The maximum Gasteiger partial charge on any atom is 0.235 e. The number of hydrogen-bond donors (Lipinski definition) is 1. The fraction of sp³-hybridized carbons (Fsp3) is 0.889. The summed E-state index contributed by atoms with van der Waals surface area (Å²) in [5, 5.41) is -0.266. The molecule has 0 unspecified atom stereocenters. The molecular formula is C9H16N2O3S. The van der Waals surface area contributed by atoms with Crippen molar-refractivity contribution in [2.75, 3.05) is 6.54 Å². The largest absolute Gasteiger partial charge is 0.368 e. The van der Waals surface area contributed by atoms with Gasteiger partial charge in [0, 0.05) is 6.54 Å². The van der Waals surface area contributed by atoms with Crippen LogP contribution in [0.15, 0.2) is 0 Å². The minimum atomic E-state index is -3.26. The first-order valence-electron chi connectivity index (χ1n) is 5.33. The van der Waals surface area contributed by atoms with Crippen LogP contribution in [-0.2, 0) is 14.8 Å². The van der Waals surface area contributed by atoms with Gasteiger partial charge in [0.15, 0.2) is 0 Å². The maximum atomic E-state index is 12.0. The molecule has 5 nitrogen and oxygen atoms in total. The number of amides is 1. The van der Waals surface area contributed by atoms with Gasteiger partial charge in [0.2, 0.25) is 15.9 Å². The Kier molecular flexibility index (Phi) is 2.72. The van der Waals surface area contributed by atoms with E-state index < -0.39 is 22.0 Å². The monoisotopic (exact) mass is 232 g/mol. The number of nitrogens with zero attached hydrogens (tertiary/aromatic N) is 1. The van der Waals surface area contributed by atoms with E-state index in [2.05, 4.69) is 0 Å². The van der Waals surface area contributed by atoms with Gasteiger partial charge < -0.3 is 5.73 Å². The fourth-order valence-corrected chi connectivity index (χ4v) is 4.45. The van der Waals surface area contributed by atoms with Crippen LogP contribution in [0.2, 0.25) is 0 Å². The molecule has 1 amide bonds. The second kappa shape index (κ2) is 3.75. The van der Waals surface area contributed by atoms with Crippen LogP contribution in [0.3, 0.4) is 0 Å². The van der Waals surface area contributed by atoms with Crippen molar-refractivity contribution >= 4 is 15.9 Å². The molecule has 2 rings (SSSR count). The second-order valence-corrected chi connectivity index (χ2v) is 6.43. The number of primary amides is 1. The first kappa shape index (κ1) is 10.9. The second-order valence-electron chi connectivity index (χ2n) is 4.27. The first-order chi connectivity index (χ1) is 7.03. The van der Waals surface area contributed by atoms with Gasteiger partial charge in [-0.1, -0.05) is 6.42 Å². The predicted octanol–water partition coefficient (Wildman–Crippen LogP) is -0.182. The number of nitrogens with two attached hydrogens (primary N) is 1. The van der Waals surface area contributed by atoms with E-state index in [1.807, 2.05) is 0 Å². The summed E-state index contributed by atoms with van der Waals surface area (Å²) >= 11 is 0. The van der Waals surface area contributed by atoms with E-state index in [1.54, 1.807) is 0 Å². The van der Waals surface area contributed by atoms with Gasteiger partial charge in [-0.15, -0.1) is 0 Å². The van der Waals surface area contributed by atoms with Gasteiger partial charge in [-0.2, -0.15) is 4.31 Å². The predicted molar refractivity (Wildman–Crippen MR) is 55.5 cm³/mol.